The van der Waals surface area contributed by atoms with Crippen LogP contribution in [0.15, 0.2) is 15.4 Å². The molecular formula is C51H90N8O17S4. The molecule has 3 aliphatic heterocycles. The number of amides is 3. The second-order valence-electron chi connectivity index (χ2n) is 18.1. The maximum Gasteiger partial charge on any atom is 0.225 e. The van der Waals surface area contributed by atoms with Gasteiger partial charge in [0.2, 0.25) is 17.7 Å². The molecular weight excluding hydrogens is 1120 g/mol. The summed E-state index contributed by atoms with van der Waals surface area (Å²) in [5.41, 5.74) is 10.5. The molecule has 0 spiro atoms. The van der Waals surface area contributed by atoms with Crippen LogP contribution in [0.2, 0.25) is 0 Å². The maximum atomic E-state index is 13.2. The Hall–Kier alpha value is -2.42. The van der Waals surface area contributed by atoms with E-state index in [2.05, 4.69) is 31.0 Å². The highest BCUT2D eigenvalue weighted by Gasteiger charge is 2.40. The van der Waals surface area contributed by atoms with E-state index in [1.807, 2.05) is 47.0 Å². The minimum atomic E-state index is -0.214. The van der Waals surface area contributed by atoms with Crippen molar-refractivity contribution in [3.05, 3.63) is 10.4 Å². The van der Waals surface area contributed by atoms with E-state index in [0.717, 1.165) is 34.4 Å². The van der Waals surface area contributed by atoms with Crippen molar-refractivity contribution in [3.63, 3.8) is 0 Å². The predicted molar refractivity (Wildman–Crippen MR) is 311 cm³/mol. The highest BCUT2D eigenvalue weighted by molar-refractivity contribution is 8.08. The van der Waals surface area contributed by atoms with E-state index in [4.69, 9.17) is 72.0 Å². The second kappa shape index (κ2) is 50.0. The first-order chi connectivity index (χ1) is 39.5. The van der Waals surface area contributed by atoms with Crippen molar-refractivity contribution >= 4 is 76.2 Å². The molecule has 4 aliphatic rings. The summed E-state index contributed by atoms with van der Waals surface area (Å²) in [5, 5.41) is 20.4. The lowest BCUT2D eigenvalue weighted by molar-refractivity contribution is -0.133. The molecule has 2 N–H and O–H groups in total. The highest BCUT2D eigenvalue weighted by Crippen LogP contribution is 2.46. The highest BCUT2D eigenvalue weighted by atomic mass is 32.2. The number of nitrogens with one attached hydrogen (secondary N) is 2. The minimum Gasteiger partial charge on any atom is -0.393 e. The van der Waals surface area contributed by atoms with Gasteiger partial charge in [-0.1, -0.05) is 28.3 Å². The molecule has 29 heteroatoms. The van der Waals surface area contributed by atoms with Gasteiger partial charge in [0.1, 0.15) is 13.2 Å². The van der Waals surface area contributed by atoms with Crippen molar-refractivity contribution in [1.29, 1.82) is 0 Å². The Morgan fingerprint density at radius 1 is 0.525 bits per heavy atom. The van der Waals surface area contributed by atoms with E-state index in [0.29, 0.717) is 173 Å². The van der Waals surface area contributed by atoms with Crippen molar-refractivity contribution < 1.29 is 80.9 Å². The molecule has 0 aromatic rings. The third kappa shape index (κ3) is 36.3. The summed E-state index contributed by atoms with van der Waals surface area (Å²) in [5.74, 6) is 2.90. The van der Waals surface area contributed by atoms with Crippen molar-refractivity contribution in [3.8, 4) is 0 Å². The Bertz CT molecular complexity index is 1630. The molecule has 1 saturated carbocycles. The van der Waals surface area contributed by atoms with Crippen LogP contribution in [0.4, 0.5) is 0 Å². The molecule has 4 atom stereocenters. The first-order valence-corrected chi connectivity index (χ1v) is 32.3. The van der Waals surface area contributed by atoms with E-state index in [1.165, 1.54) is 25.7 Å². The lowest BCUT2D eigenvalue weighted by Gasteiger charge is -2.37. The number of nitrogens with zero attached hydrogens (tertiary/aromatic N) is 6. The fourth-order valence-electron chi connectivity index (χ4n) is 7.93. The average molecular weight is 1220 g/mol. The summed E-state index contributed by atoms with van der Waals surface area (Å²) in [4.78, 5) is 54.1. The molecule has 0 aromatic carbocycles. The Morgan fingerprint density at radius 3 is 1.30 bits per heavy atom. The summed E-state index contributed by atoms with van der Waals surface area (Å²) in [7, 11) is 0. The zero-order valence-corrected chi connectivity index (χ0v) is 50.0. The largest absolute Gasteiger partial charge is 0.393 e. The molecule has 3 fully saturated rings. The van der Waals surface area contributed by atoms with Gasteiger partial charge in [-0.25, -0.2) is 0 Å². The molecule has 0 radical (unpaired) electrons. The van der Waals surface area contributed by atoms with Crippen LogP contribution in [-0.2, 0) is 80.9 Å². The van der Waals surface area contributed by atoms with E-state index >= 15 is 0 Å². The van der Waals surface area contributed by atoms with Crippen LogP contribution >= 0.6 is 47.0 Å². The Kier molecular flexibility index (Phi) is 43.8. The van der Waals surface area contributed by atoms with Crippen LogP contribution in [0.1, 0.15) is 44.9 Å². The molecule has 3 heterocycles. The van der Waals surface area contributed by atoms with E-state index in [9.17, 15) is 14.4 Å². The van der Waals surface area contributed by atoms with Crippen molar-refractivity contribution in [2.75, 3.05) is 228 Å². The predicted octanol–water partition coefficient (Wildman–Crippen LogP) is 3.49. The van der Waals surface area contributed by atoms with Gasteiger partial charge >= 0.3 is 0 Å². The van der Waals surface area contributed by atoms with Gasteiger partial charge in [-0.2, -0.15) is 23.5 Å². The quantitative estimate of drug-likeness (QED) is 0.103. The fourth-order valence-corrected chi connectivity index (χ4v) is 14.8. The summed E-state index contributed by atoms with van der Waals surface area (Å²) in [6.07, 6.45) is 5.39. The number of carbonyl (C=O) groups is 3. The monoisotopic (exact) mass is 1210 g/mol. The first-order valence-electron chi connectivity index (χ1n) is 28.1. The van der Waals surface area contributed by atoms with Crippen LogP contribution in [0.25, 0.3) is 10.4 Å². The smallest absolute Gasteiger partial charge is 0.225 e. The number of hydrogen-bond donors (Lipinski definition) is 2. The topological polar surface area (TPSA) is 281 Å². The molecule has 4 bridgehead atoms. The van der Waals surface area contributed by atoms with Crippen LogP contribution < -0.4 is 10.6 Å². The van der Waals surface area contributed by atoms with Gasteiger partial charge < -0.3 is 82.1 Å². The van der Waals surface area contributed by atoms with Crippen LogP contribution in [0.3, 0.4) is 0 Å². The minimum absolute atomic E-state index is 0.107. The van der Waals surface area contributed by atoms with Crippen LogP contribution in [-0.4, -0.2) is 283 Å². The van der Waals surface area contributed by atoms with Gasteiger partial charge in [-0.3, -0.25) is 14.4 Å². The number of ether oxygens (including phenoxy) is 12. The molecule has 460 valence electrons. The van der Waals surface area contributed by atoms with Crippen molar-refractivity contribution in [2.24, 2.45) is 15.4 Å². The number of rotatable bonds is 15. The Balaban J connectivity index is 1.13. The van der Waals surface area contributed by atoms with E-state index in [1.54, 1.807) is 4.90 Å². The lowest BCUT2D eigenvalue weighted by Crippen LogP contribution is -2.43. The van der Waals surface area contributed by atoms with Gasteiger partial charge in [0.05, 0.1) is 176 Å². The normalized spacial score (nSPS) is 24.6. The standard InChI is InChI=1S/C51H90N8O17S4/c52-58-55-10-16-66-20-24-70-28-25-69-23-19-65-15-7-49(62)59-11-8-53-47(60)5-13-63-17-21-67-26-29-71-31-33-73-35-37-75-56-43-39-77-45-3-1-2-4-46-51(50(45)79-41-43)80-42-44(40-78-46)57-76-38-36-74-34-32-72-30-27-68-22-18-64-14-6-48(61)54-9-12-59/h45-46,50-51H,1-42H2,(H,53,60)(H,54,61). The molecule has 80 heavy (non-hydrogen) atoms. The lowest BCUT2D eigenvalue weighted by atomic mass is 9.99. The SMILES string of the molecule is [N-]=[N+]=NCCOCCOCCOCCOCCC(=O)N1CCNC(=O)CCOCCOCCOCCOCCON=C2CSC3CCCCC4SCC(=NOCCOCCOCCOCCOCCC(=O)NCC1)CSC4C3SC2. The van der Waals surface area contributed by atoms with E-state index < -0.39 is 0 Å². The summed E-state index contributed by atoms with van der Waals surface area (Å²) < 4.78 is 66.9. The van der Waals surface area contributed by atoms with Gasteiger partial charge in [0, 0.05) is 94.5 Å². The molecule has 1 aliphatic carbocycles. The fraction of sp³-hybridized carbons (Fsp3) is 0.902. The number of oxime groups is 2. The Labute approximate surface area is 489 Å². The van der Waals surface area contributed by atoms with Crippen molar-refractivity contribution in [1.82, 2.24) is 15.5 Å². The average Bonchev–Trinajstić information content (AvgIpc) is 3.78. The molecule has 4 rings (SSSR count). The zero-order chi connectivity index (χ0) is 56.4. The second-order valence-corrected chi connectivity index (χ2v) is 22.9. The summed E-state index contributed by atoms with van der Waals surface area (Å²) in [6, 6.07) is 0. The van der Waals surface area contributed by atoms with Gasteiger partial charge in [0.25, 0.3) is 0 Å². The number of thioether (sulfide) groups is 4. The number of carbonyl (C=O) groups excluding carboxylic acids is 3. The molecule has 2 saturated heterocycles. The van der Waals surface area contributed by atoms with Gasteiger partial charge in [0.15, 0.2) is 0 Å². The summed E-state index contributed by atoms with van der Waals surface area (Å²) in [6.45, 7) is 10.7. The number of hydrogen-bond acceptors (Lipinski definition) is 24. The number of azide groups is 1. The molecule has 4 unspecified atom stereocenters. The number of fused-ring (bicyclic) bond motifs is 4. The van der Waals surface area contributed by atoms with E-state index in [-0.39, 0.29) is 89.5 Å². The third-order valence-corrected chi connectivity index (χ3v) is 18.5. The maximum absolute atomic E-state index is 13.2. The van der Waals surface area contributed by atoms with Crippen LogP contribution in [0.5, 0.6) is 0 Å². The summed E-state index contributed by atoms with van der Waals surface area (Å²) >= 11 is 8.18. The first kappa shape index (κ1) is 70.1. The van der Waals surface area contributed by atoms with Crippen LogP contribution in [0, 0.1) is 0 Å². The molecule has 25 nitrogen and oxygen atoms in total. The van der Waals surface area contributed by atoms with Crippen molar-refractivity contribution in [2.45, 2.75) is 65.9 Å². The van der Waals surface area contributed by atoms with Gasteiger partial charge in [-0.05, 0) is 18.4 Å². The third-order valence-electron chi connectivity index (χ3n) is 12.0. The van der Waals surface area contributed by atoms with Gasteiger partial charge in [-0.15, -0.1) is 23.5 Å². The Morgan fingerprint density at radius 2 is 0.887 bits per heavy atom. The molecule has 3 amide bonds. The molecule has 0 aromatic heterocycles. The zero-order valence-electron chi connectivity index (χ0n) is 46.8.